The van der Waals surface area contributed by atoms with E-state index >= 15 is 0 Å². The molecule has 0 aliphatic heterocycles. The van der Waals surface area contributed by atoms with E-state index in [4.69, 9.17) is 0 Å². The van der Waals surface area contributed by atoms with Crippen molar-refractivity contribution in [1.82, 2.24) is 0 Å². The summed E-state index contributed by atoms with van der Waals surface area (Å²) in [6.07, 6.45) is 2.70. The van der Waals surface area contributed by atoms with Gasteiger partial charge < -0.3 is 0 Å². The van der Waals surface area contributed by atoms with Crippen LogP contribution in [0.1, 0.15) is 37.8 Å². The molecule has 0 saturated heterocycles. The molecule has 0 aliphatic carbocycles. The molecular weight excluding hydrogens is 175 g/mol. The minimum atomic E-state index is -0.201. The molecule has 0 aliphatic rings. The van der Waals surface area contributed by atoms with E-state index in [1.54, 1.807) is 12.1 Å². The topological polar surface area (TPSA) is 0 Å². The highest BCUT2D eigenvalue weighted by Gasteiger charge is 1.98. The first kappa shape index (κ1) is 10.8. The van der Waals surface area contributed by atoms with Crippen molar-refractivity contribution in [1.29, 1.82) is 0 Å². The molecule has 0 N–H and O–H groups in total. The fraction of sp³-hybridized carbons (Fsp3) is 0.385. The normalized spacial score (nSPS) is 9.36. The quantitative estimate of drug-likeness (QED) is 0.626. The van der Waals surface area contributed by atoms with Crippen LogP contribution >= 0.6 is 0 Å². The Labute approximate surface area is 85.2 Å². The zero-order valence-electron chi connectivity index (χ0n) is 8.73. The smallest absolute Gasteiger partial charge is 0.139 e. The zero-order valence-corrected chi connectivity index (χ0v) is 8.73. The number of hydrogen-bond acceptors (Lipinski definition) is 0. The second-order valence-electron chi connectivity index (χ2n) is 3.22. The molecule has 1 heteroatoms. The highest BCUT2D eigenvalue weighted by molar-refractivity contribution is 5.37. The predicted molar refractivity (Wildman–Crippen MR) is 57.6 cm³/mol. The SMILES string of the molecule is CCCC#Cc1ccc(CC)cc1F. The monoisotopic (exact) mass is 190 g/mol. The number of aryl methyl sites for hydroxylation is 1. The van der Waals surface area contributed by atoms with E-state index in [1.807, 2.05) is 13.0 Å². The van der Waals surface area contributed by atoms with E-state index in [9.17, 15) is 4.39 Å². The molecule has 0 amide bonds. The summed E-state index contributed by atoms with van der Waals surface area (Å²) in [4.78, 5) is 0. The fourth-order valence-electron chi connectivity index (χ4n) is 1.16. The highest BCUT2D eigenvalue weighted by atomic mass is 19.1. The molecule has 0 aromatic heterocycles. The van der Waals surface area contributed by atoms with Crippen molar-refractivity contribution >= 4 is 0 Å². The Morgan fingerprint density at radius 3 is 2.64 bits per heavy atom. The number of unbranched alkanes of at least 4 members (excludes halogenated alkanes) is 1. The Hall–Kier alpha value is -1.29. The number of rotatable bonds is 2. The Balaban J connectivity index is 2.85. The average Bonchev–Trinajstić information content (AvgIpc) is 2.20. The maximum absolute atomic E-state index is 13.4. The van der Waals surface area contributed by atoms with Gasteiger partial charge in [0, 0.05) is 6.42 Å². The van der Waals surface area contributed by atoms with Crippen molar-refractivity contribution in [3.05, 3.63) is 35.1 Å². The summed E-state index contributed by atoms with van der Waals surface area (Å²) in [7, 11) is 0. The van der Waals surface area contributed by atoms with Crippen LogP contribution in [0, 0.1) is 17.7 Å². The fourth-order valence-corrected chi connectivity index (χ4v) is 1.16. The lowest BCUT2D eigenvalue weighted by molar-refractivity contribution is 0.622. The summed E-state index contributed by atoms with van der Waals surface area (Å²) in [6, 6.07) is 5.26. The van der Waals surface area contributed by atoms with Gasteiger partial charge in [0.25, 0.3) is 0 Å². The van der Waals surface area contributed by atoms with Crippen LogP contribution in [0.25, 0.3) is 0 Å². The lowest BCUT2D eigenvalue weighted by Gasteiger charge is -1.98. The van der Waals surface area contributed by atoms with Gasteiger partial charge >= 0.3 is 0 Å². The molecule has 14 heavy (non-hydrogen) atoms. The van der Waals surface area contributed by atoms with Gasteiger partial charge in [-0.15, -0.1) is 0 Å². The lowest BCUT2D eigenvalue weighted by Crippen LogP contribution is -1.87. The van der Waals surface area contributed by atoms with Gasteiger partial charge in [0.05, 0.1) is 5.56 Å². The highest BCUT2D eigenvalue weighted by Crippen LogP contribution is 2.09. The summed E-state index contributed by atoms with van der Waals surface area (Å²) in [6.45, 7) is 4.07. The molecule has 1 rings (SSSR count). The second-order valence-corrected chi connectivity index (χ2v) is 3.22. The molecule has 0 unspecified atom stereocenters. The van der Waals surface area contributed by atoms with Crippen molar-refractivity contribution in [2.24, 2.45) is 0 Å². The van der Waals surface area contributed by atoms with Crippen LogP contribution in [0.15, 0.2) is 18.2 Å². The van der Waals surface area contributed by atoms with Gasteiger partial charge in [0.1, 0.15) is 5.82 Å². The van der Waals surface area contributed by atoms with Crippen LogP contribution in [0.4, 0.5) is 4.39 Å². The molecule has 1 aromatic rings. The first-order valence-corrected chi connectivity index (χ1v) is 5.05. The predicted octanol–water partition coefficient (Wildman–Crippen LogP) is 3.54. The Bertz CT molecular complexity index is 355. The van der Waals surface area contributed by atoms with Crippen LogP contribution in [0.5, 0.6) is 0 Å². The molecule has 0 bridgehead atoms. The Kier molecular flexibility index (Phi) is 4.19. The van der Waals surface area contributed by atoms with Crippen LogP contribution in [-0.2, 0) is 6.42 Å². The standard InChI is InChI=1S/C13H15F/c1-3-5-6-7-12-9-8-11(4-2)10-13(12)14/h8-10H,3-5H2,1-2H3. The van der Waals surface area contributed by atoms with Crippen molar-refractivity contribution in [2.75, 3.05) is 0 Å². The van der Waals surface area contributed by atoms with Crippen LogP contribution in [0.2, 0.25) is 0 Å². The molecule has 1 aromatic carbocycles. The summed E-state index contributed by atoms with van der Waals surface area (Å²) in [5.74, 6) is 5.58. The largest absolute Gasteiger partial charge is 0.206 e. The molecule has 0 radical (unpaired) electrons. The first-order chi connectivity index (χ1) is 6.77. The van der Waals surface area contributed by atoms with E-state index in [0.717, 1.165) is 24.8 Å². The van der Waals surface area contributed by atoms with Gasteiger partial charge in [-0.1, -0.05) is 31.8 Å². The molecule has 0 fully saturated rings. The maximum Gasteiger partial charge on any atom is 0.139 e. The second kappa shape index (κ2) is 5.44. The van der Waals surface area contributed by atoms with E-state index in [1.165, 1.54) is 0 Å². The number of hydrogen-bond donors (Lipinski definition) is 0. The van der Waals surface area contributed by atoms with E-state index in [0.29, 0.717) is 5.56 Å². The molecular formula is C13H15F. The minimum absolute atomic E-state index is 0.201. The maximum atomic E-state index is 13.4. The van der Waals surface area contributed by atoms with Crippen molar-refractivity contribution < 1.29 is 4.39 Å². The van der Waals surface area contributed by atoms with Crippen molar-refractivity contribution in [2.45, 2.75) is 33.1 Å². The summed E-state index contributed by atoms with van der Waals surface area (Å²) >= 11 is 0. The van der Waals surface area contributed by atoms with Crippen LogP contribution < -0.4 is 0 Å². The van der Waals surface area contributed by atoms with Gasteiger partial charge in [0.15, 0.2) is 0 Å². The summed E-state index contributed by atoms with van der Waals surface area (Å²) in [5.41, 5.74) is 1.53. The molecule has 0 atom stereocenters. The number of halogens is 1. The Morgan fingerprint density at radius 1 is 1.29 bits per heavy atom. The van der Waals surface area contributed by atoms with Gasteiger partial charge in [-0.2, -0.15) is 0 Å². The van der Waals surface area contributed by atoms with Crippen molar-refractivity contribution in [3.63, 3.8) is 0 Å². The molecule has 0 heterocycles. The third kappa shape index (κ3) is 2.88. The molecule has 74 valence electrons. The minimum Gasteiger partial charge on any atom is -0.206 e. The molecule has 0 nitrogen and oxygen atoms in total. The third-order valence-corrected chi connectivity index (χ3v) is 2.04. The zero-order chi connectivity index (χ0) is 10.4. The first-order valence-electron chi connectivity index (χ1n) is 5.05. The molecule has 0 saturated carbocycles. The van der Waals surface area contributed by atoms with Gasteiger partial charge in [-0.3, -0.25) is 0 Å². The number of benzene rings is 1. The van der Waals surface area contributed by atoms with E-state index in [2.05, 4.69) is 18.8 Å². The average molecular weight is 190 g/mol. The molecule has 0 spiro atoms. The Morgan fingerprint density at radius 2 is 2.07 bits per heavy atom. The third-order valence-electron chi connectivity index (χ3n) is 2.04. The van der Waals surface area contributed by atoms with Crippen LogP contribution in [0.3, 0.4) is 0 Å². The van der Waals surface area contributed by atoms with Crippen molar-refractivity contribution in [3.8, 4) is 11.8 Å². The van der Waals surface area contributed by atoms with Gasteiger partial charge in [-0.25, -0.2) is 4.39 Å². The lowest BCUT2D eigenvalue weighted by atomic mass is 10.1. The summed E-state index contributed by atoms with van der Waals surface area (Å²) in [5, 5.41) is 0. The summed E-state index contributed by atoms with van der Waals surface area (Å²) < 4.78 is 13.4. The van der Waals surface area contributed by atoms with Crippen LogP contribution in [-0.4, -0.2) is 0 Å². The van der Waals surface area contributed by atoms with Gasteiger partial charge in [-0.05, 0) is 30.5 Å². The van der Waals surface area contributed by atoms with E-state index < -0.39 is 0 Å². The van der Waals surface area contributed by atoms with E-state index in [-0.39, 0.29) is 5.82 Å². The van der Waals surface area contributed by atoms with Gasteiger partial charge in [0.2, 0.25) is 0 Å².